The summed E-state index contributed by atoms with van der Waals surface area (Å²) in [4.78, 5) is 15.1. The molecule has 0 amide bonds. The number of fused-ring (bicyclic) bond motifs is 1. The molecule has 0 radical (unpaired) electrons. The van der Waals surface area contributed by atoms with E-state index in [9.17, 15) is 4.79 Å². The van der Waals surface area contributed by atoms with Crippen molar-refractivity contribution in [2.24, 2.45) is 5.92 Å². The van der Waals surface area contributed by atoms with Gasteiger partial charge in [0, 0.05) is 25.1 Å². The van der Waals surface area contributed by atoms with Crippen molar-refractivity contribution < 1.29 is 4.79 Å². The van der Waals surface area contributed by atoms with E-state index in [0.717, 1.165) is 36.5 Å². The Hall–Kier alpha value is -1.67. The summed E-state index contributed by atoms with van der Waals surface area (Å²) in [5, 5.41) is 2.29. The van der Waals surface area contributed by atoms with Gasteiger partial charge < -0.3 is 4.90 Å². The fourth-order valence-electron chi connectivity index (χ4n) is 3.58. The van der Waals surface area contributed by atoms with E-state index < -0.39 is 0 Å². The molecule has 2 aromatic carbocycles. The Bertz CT molecular complexity index is 676. The van der Waals surface area contributed by atoms with Crippen molar-refractivity contribution in [2.45, 2.75) is 33.1 Å². The number of piperidine rings is 1. The number of benzene rings is 2. The van der Waals surface area contributed by atoms with Crippen molar-refractivity contribution in [2.75, 3.05) is 19.6 Å². The average molecular weight is 295 g/mol. The molecule has 1 saturated heterocycles. The molecule has 22 heavy (non-hydrogen) atoms. The van der Waals surface area contributed by atoms with Crippen LogP contribution in [0.25, 0.3) is 10.8 Å². The van der Waals surface area contributed by atoms with E-state index in [4.69, 9.17) is 0 Å². The second-order valence-electron chi connectivity index (χ2n) is 6.70. The van der Waals surface area contributed by atoms with E-state index in [2.05, 4.69) is 36.9 Å². The number of nitrogens with zero attached hydrogens (tertiary/aromatic N) is 1. The first-order valence-electron chi connectivity index (χ1n) is 8.39. The van der Waals surface area contributed by atoms with Crippen LogP contribution in [0.1, 0.15) is 42.1 Å². The topological polar surface area (TPSA) is 20.3 Å². The van der Waals surface area contributed by atoms with Gasteiger partial charge in [-0.05, 0) is 48.6 Å². The number of ketones is 1. The molecule has 2 aromatic rings. The van der Waals surface area contributed by atoms with Crippen molar-refractivity contribution in [1.82, 2.24) is 4.90 Å². The summed E-state index contributed by atoms with van der Waals surface area (Å²) in [6.45, 7) is 7.59. The number of Topliss-reactive ketones (excluding diaryl/α,β-unsaturated/α-hetero) is 1. The highest BCUT2D eigenvalue weighted by Gasteiger charge is 2.18. The van der Waals surface area contributed by atoms with Crippen LogP contribution < -0.4 is 0 Å². The molecule has 0 spiro atoms. The summed E-state index contributed by atoms with van der Waals surface area (Å²) in [6, 6.07) is 12.3. The van der Waals surface area contributed by atoms with Gasteiger partial charge >= 0.3 is 0 Å². The summed E-state index contributed by atoms with van der Waals surface area (Å²) >= 11 is 0. The first kappa shape index (κ1) is 15.2. The van der Waals surface area contributed by atoms with Gasteiger partial charge in [-0.2, -0.15) is 0 Å². The fourth-order valence-corrected chi connectivity index (χ4v) is 3.58. The van der Waals surface area contributed by atoms with Gasteiger partial charge in [-0.1, -0.05) is 43.3 Å². The molecule has 116 valence electrons. The van der Waals surface area contributed by atoms with Crippen molar-refractivity contribution in [3.8, 4) is 0 Å². The molecule has 1 unspecified atom stereocenters. The lowest BCUT2D eigenvalue weighted by Crippen LogP contribution is -2.35. The molecule has 0 aromatic heterocycles. The average Bonchev–Trinajstić information content (AvgIpc) is 2.53. The summed E-state index contributed by atoms with van der Waals surface area (Å²) in [6.07, 6.45) is 3.22. The summed E-state index contributed by atoms with van der Waals surface area (Å²) in [5.41, 5.74) is 2.11. The first-order valence-corrected chi connectivity index (χ1v) is 8.39. The molecule has 0 aliphatic carbocycles. The van der Waals surface area contributed by atoms with Crippen molar-refractivity contribution in [3.63, 3.8) is 0 Å². The number of carbonyl (C=O) groups excluding carboxylic acids is 1. The monoisotopic (exact) mass is 295 g/mol. The lowest BCUT2D eigenvalue weighted by Gasteiger charge is -2.30. The van der Waals surface area contributed by atoms with Crippen LogP contribution in [0, 0.1) is 12.8 Å². The molecule has 1 aliphatic rings. The third-order valence-electron chi connectivity index (χ3n) is 4.84. The Labute approximate surface area is 133 Å². The molecule has 3 rings (SSSR count). The van der Waals surface area contributed by atoms with Gasteiger partial charge in [0.05, 0.1) is 0 Å². The standard InChI is InChI=1S/C20H25NO/c1-15-6-5-12-21(14-15)13-11-20(22)19-10-9-16(2)17-7-3-4-8-18(17)19/h3-4,7-10,15H,5-6,11-14H2,1-2H3. The van der Waals surface area contributed by atoms with Crippen LogP contribution in [0.15, 0.2) is 36.4 Å². The van der Waals surface area contributed by atoms with E-state index in [1.54, 1.807) is 0 Å². The molecular weight excluding hydrogens is 270 g/mol. The second-order valence-corrected chi connectivity index (χ2v) is 6.70. The Morgan fingerprint density at radius 3 is 2.73 bits per heavy atom. The van der Waals surface area contributed by atoms with Crippen LogP contribution in [0.2, 0.25) is 0 Å². The molecule has 0 saturated carbocycles. The van der Waals surface area contributed by atoms with Gasteiger partial charge in [-0.15, -0.1) is 0 Å². The van der Waals surface area contributed by atoms with Gasteiger partial charge in [0.2, 0.25) is 0 Å². The minimum atomic E-state index is 0.273. The maximum atomic E-state index is 12.7. The molecule has 0 bridgehead atoms. The molecule has 2 nitrogen and oxygen atoms in total. The highest BCUT2D eigenvalue weighted by atomic mass is 16.1. The van der Waals surface area contributed by atoms with Crippen LogP contribution in [-0.4, -0.2) is 30.3 Å². The first-order chi connectivity index (χ1) is 10.6. The quantitative estimate of drug-likeness (QED) is 0.777. The van der Waals surface area contributed by atoms with Crippen molar-refractivity contribution in [1.29, 1.82) is 0 Å². The summed E-state index contributed by atoms with van der Waals surface area (Å²) < 4.78 is 0. The molecule has 1 heterocycles. The normalized spacial score (nSPS) is 19.5. The smallest absolute Gasteiger partial charge is 0.164 e. The highest BCUT2D eigenvalue weighted by Crippen LogP contribution is 2.24. The van der Waals surface area contributed by atoms with E-state index >= 15 is 0 Å². The molecular formula is C20H25NO. The van der Waals surface area contributed by atoms with Crippen LogP contribution in [0.5, 0.6) is 0 Å². The number of hydrogen-bond acceptors (Lipinski definition) is 2. The van der Waals surface area contributed by atoms with Gasteiger partial charge in [0.15, 0.2) is 5.78 Å². The molecule has 1 fully saturated rings. The SMILES string of the molecule is Cc1ccc(C(=O)CCN2CCCC(C)C2)c2ccccc12. The van der Waals surface area contributed by atoms with Crippen molar-refractivity contribution >= 4 is 16.6 Å². The Kier molecular flexibility index (Phi) is 4.58. The van der Waals surface area contributed by atoms with E-state index in [1.807, 2.05) is 18.2 Å². The van der Waals surface area contributed by atoms with Crippen LogP contribution in [-0.2, 0) is 0 Å². The minimum absolute atomic E-state index is 0.273. The molecule has 0 N–H and O–H groups in total. The lowest BCUT2D eigenvalue weighted by molar-refractivity contribution is 0.0950. The minimum Gasteiger partial charge on any atom is -0.303 e. The Morgan fingerprint density at radius 2 is 1.95 bits per heavy atom. The van der Waals surface area contributed by atoms with E-state index in [0.29, 0.717) is 6.42 Å². The maximum absolute atomic E-state index is 12.7. The third-order valence-corrected chi connectivity index (χ3v) is 4.84. The Balaban J connectivity index is 1.74. The van der Waals surface area contributed by atoms with Crippen LogP contribution >= 0.6 is 0 Å². The van der Waals surface area contributed by atoms with Crippen LogP contribution in [0.4, 0.5) is 0 Å². The number of carbonyl (C=O) groups is 1. The van der Waals surface area contributed by atoms with Crippen molar-refractivity contribution in [3.05, 3.63) is 47.5 Å². The van der Waals surface area contributed by atoms with Gasteiger partial charge in [-0.3, -0.25) is 4.79 Å². The number of likely N-dealkylation sites (tertiary alicyclic amines) is 1. The second kappa shape index (κ2) is 6.62. The fraction of sp³-hybridized carbons (Fsp3) is 0.450. The molecule has 2 heteroatoms. The zero-order valence-electron chi connectivity index (χ0n) is 13.6. The Morgan fingerprint density at radius 1 is 1.18 bits per heavy atom. The summed E-state index contributed by atoms with van der Waals surface area (Å²) in [7, 11) is 0. The largest absolute Gasteiger partial charge is 0.303 e. The van der Waals surface area contributed by atoms with Gasteiger partial charge in [0.25, 0.3) is 0 Å². The van der Waals surface area contributed by atoms with Crippen LogP contribution in [0.3, 0.4) is 0 Å². The third kappa shape index (κ3) is 3.22. The maximum Gasteiger partial charge on any atom is 0.164 e. The predicted octanol–water partition coefficient (Wildman–Crippen LogP) is 4.45. The zero-order chi connectivity index (χ0) is 15.5. The molecule has 1 atom stereocenters. The number of hydrogen-bond donors (Lipinski definition) is 0. The summed E-state index contributed by atoms with van der Waals surface area (Å²) in [5.74, 6) is 1.04. The van der Waals surface area contributed by atoms with E-state index in [1.165, 1.54) is 23.8 Å². The molecule has 1 aliphatic heterocycles. The number of rotatable bonds is 4. The van der Waals surface area contributed by atoms with Gasteiger partial charge in [0.1, 0.15) is 0 Å². The predicted molar refractivity (Wildman–Crippen MR) is 92.5 cm³/mol. The number of aryl methyl sites for hydroxylation is 1. The van der Waals surface area contributed by atoms with E-state index in [-0.39, 0.29) is 5.78 Å². The highest BCUT2D eigenvalue weighted by molar-refractivity contribution is 6.08. The zero-order valence-corrected chi connectivity index (χ0v) is 13.6. The lowest BCUT2D eigenvalue weighted by atomic mass is 9.96. The van der Waals surface area contributed by atoms with Gasteiger partial charge in [-0.25, -0.2) is 0 Å².